The number of alkyl halides is 3. The second-order valence-corrected chi connectivity index (χ2v) is 5.54. The Hall–Kier alpha value is -1.76. The van der Waals surface area contributed by atoms with Gasteiger partial charge >= 0.3 is 6.18 Å². The number of rotatable bonds is 7. The molecule has 0 spiro atoms. The van der Waals surface area contributed by atoms with Gasteiger partial charge in [-0.05, 0) is 32.1 Å². The molecule has 0 aliphatic carbocycles. The van der Waals surface area contributed by atoms with Crippen molar-refractivity contribution in [2.45, 2.75) is 32.6 Å². The van der Waals surface area contributed by atoms with Crippen LogP contribution in [0.4, 0.5) is 13.2 Å². The highest BCUT2D eigenvalue weighted by atomic mass is 19.4. The highest BCUT2D eigenvalue weighted by Gasteiger charge is 2.26. The Morgan fingerprint density at radius 1 is 1.09 bits per heavy atom. The van der Waals surface area contributed by atoms with Crippen molar-refractivity contribution in [2.24, 2.45) is 4.99 Å². The van der Waals surface area contributed by atoms with Gasteiger partial charge in [-0.3, -0.25) is 0 Å². The normalized spacial score (nSPS) is 12.6. The van der Waals surface area contributed by atoms with Crippen molar-refractivity contribution >= 4 is 5.96 Å². The zero-order valence-electron chi connectivity index (χ0n) is 13.9. The molecule has 0 fully saturated rings. The number of aliphatic imine (C=N–C) groups is 1. The number of nitrogens with zero attached hydrogens (tertiary/aromatic N) is 2. The second-order valence-electron chi connectivity index (χ2n) is 5.54. The molecule has 1 aromatic rings. The molecule has 130 valence electrons. The fraction of sp³-hybridized carbons (Fsp3) is 0.562. The molecule has 0 bridgehead atoms. The van der Waals surface area contributed by atoms with Gasteiger partial charge < -0.3 is 15.5 Å². The maximum Gasteiger partial charge on any atom is 0.390 e. The SMILES string of the molecule is CCNC(=NCc1ccc(CN(C)C)cc1)NCCC(F)(F)F. The summed E-state index contributed by atoms with van der Waals surface area (Å²) in [5.41, 5.74) is 2.22. The highest BCUT2D eigenvalue weighted by molar-refractivity contribution is 5.79. The van der Waals surface area contributed by atoms with E-state index in [0.717, 1.165) is 12.1 Å². The fourth-order valence-corrected chi connectivity index (χ4v) is 1.95. The Labute approximate surface area is 135 Å². The lowest BCUT2D eigenvalue weighted by Gasteiger charge is -2.13. The molecule has 0 saturated heterocycles. The fourth-order valence-electron chi connectivity index (χ4n) is 1.95. The monoisotopic (exact) mass is 330 g/mol. The van der Waals surface area contributed by atoms with Gasteiger partial charge in [-0.15, -0.1) is 0 Å². The molecule has 0 radical (unpaired) electrons. The Kier molecular flexibility index (Phi) is 7.88. The molecule has 0 saturated carbocycles. The van der Waals surface area contributed by atoms with Gasteiger partial charge in [-0.2, -0.15) is 13.2 Å². The van der Waals surface area contributed by atoms with Crippen LogP contribution in [0.3, 0.4) is 0 Å². The smallest absolute Gasteiger partial charge is 0.357 e. The van der Waals surface area contributed by atoms with E-state index in [9.17, 15) is 13.2 Å². The molecule has 0 unspecified atom stereocenters. The number of nitrogens with one attached hydrogen (secondary N) is 2. The van der Waals surface area contributed by atoms with Crippen molar-refractivity contribution in [3.05, 3.63) is 35.4 Å². The average Bonchev–Trinajstić information content (AvgIpc) is 2.44. The maximum absolute atomic E-state index is 12.2. The predicted octanol–water partition coefficient (Wildman–Crippen LogP) is 2.76. The van der Waals surface area contributed by atoms with Crippen LogP contribution in [-0.2, 0) is 13.1 Å². The molecular formula is C16H25F3N4. The summed E-state index contributed by atoms with van der Waals surface area (Å²) < 4.78 is 36.5. The molecule has 1 aromatic carbocycles. The van der Waals surface area contributed by atoms with Crippen molar-refractivity contribution in [3.8, 4) is 0 Å². The molecule has 0 aliphatic heterocycles. The van der Waals surface area contributed by atoms with E-state index in [1.165, 1.54) is 5.56 Å². The second kappa shape index (κ2) is 9.39. The first-order valence-electron chi connectivity index (χ1n) is 7.61. The minimum atomic E-state index is -4.16. The summed E-state index contributed by atoms with van der Waals surface area (Å²) in [5.74, 6) is 0.397. The van der Waals surface area contributed by atoms with Crippen molar-refractivity contribution in [2.75, 3.05) is 27.2 Å². The Morgan fingerprint density at radius 2 is 1.70 bits per heavy atom. The van der Waals surface area contributed by atoms with Gasteiger partial charge in [-0.25, -0.2) is 4.99 Å². The van der Waals surface area contributed by atoms with E-state index >= 15 is 0 Å². The van der Waals surface area contributed by atoms with Crippen LogP contribution >= 0.6 is 0 Å². The Bertz CT molecular complexity index is 481. The quantitative estimate of drug-likeness (QED) is 0.596. The summed E-state index contributed by atoms with van der Waals surface area (Å²) in [6, 6.07) is 8.05. The predicted molar refractivity (Wildman–Crippen MR) is 87.3 cm³/mol. The first kappa shape index (κ1) is 19.3. The molecule has 2 N–H and O–H groups in total. The first-order valence-corrected chi connectivity index (χ1v) is 7.61. The number of halogens is 3. The summed E-state index contributed by atoms with van der Waals surface area (Å²) in [6.07, 6.45) is -5.04. The van der Waals surface area contributed by atoms with E-state index in [1.807, 2.05) is 45.3 Å². The molecule has 23 heavy (non-hydrogen) atoms. The number of benzene rings is 1. The minimum Gasteiger partial charge on any atom is -0.357 e. The van der Waals surface area contributed by atoms with Gasteiger partial charge in [0, 0.05) is 19.6 Å². The molecule has 0 heterocycles. The largest absolute Gasteiger partial charge is 0.390 e. The molecule has 0 aromatic heterocycles. The van der Waals surface area contributed by atoms with Crippen LogP contribution in [0, 0.1) is 0 Å². The molecular weight excluding hydrogens is 305 g/mol. The Morgan fingerprint density at radius 3 is 2.22 bits per heavy atom. The zero-order valence-corrected chi connectivity index (χ0v) is 13.9. The van der Waals surface area contributed by atoms with Gasteiger partial charge in [0.2, 0.25) is 0 Å². The molecule has 0 atom stereocenters. The van der Waals surface area contributed by atoms with E-state index < -0.39 is 12.6 Å². The van der Waals surface area contributed by atoms with Crippen molar-refractivity contribution in [3.63, 3.8) is 0 Å². The van der Waals surface area contributed by atoms with E-state index in [2.05, 4.69) is 20.5 Å². The number of hydrogen-bond acceptors (Lipinski definition) is 2. The van der Waals surface area contributed by atoms with Gasteiger partial charge in [-0.1, -0.05) is 24.3 Å². The summed E-state index contributed by atoms with van der Waals surface area (Å²) in [5, 5.41) is 5.64. The van der Waals surface area contributed by atoms with Crippen molar-refractivity contribution in [1.29, 1.82) is 0 Å². The van der Waals surface area contributed by atoms with Gasteiger partial charge in [0.25, 0.3) is 0 Å². The van der Waals surface area contributed by atoms with E-state index in [1.54, 1.807) is 0 Å². The highest BCUT2D eigenvalue weighted by Crippen LogP contribution is 2.18. The van der Waals surface area contributed by atoms with Gasteiger partial charge in [0.1, 0.15) is 0 Å². The molecule has 1 rings (SSSR count). The number of guanidine groups is 1. The summed E-state index contributed by atoms with van der Waals surface area (Å²) in [7, 11) is 4.01. The average molecular weight is 330 g/mol. The van der Waals surface area contributed by atoms with Crippen LogP contribution in [0.15, 0.2) is 29.3 Å². The zero-order chi connectivity index (χ0) is 17.3. The van der Waals surface area contributed by atoms with E-state index in [4.69, 9.17) is 0 Å². The van der Waals surface area contributed by atoms with Crippen LogP contribution in [0.25, 0.3) is 0 Å². The minimum absolute atomic E-state index is 0.183. The molecule has 7 heteroatoms. The lowest BCUT2D eigenvalue weighted by atomic mass is 10.1. The standard InChI is InChI=1S/C16H25F3N4/c1-4-20-15(21-10-9-16(17,18)19)22-11-13-5-7-14(8-6-13)12-23(2)3/h5-8H,4,9-12H2,1-3H3,(H2,20,21,22). The van der Waals surface area contributed by atoms with Crippen LogP contribution in [-0.4, -0.2) is 44.2 Å². The molecule has 4 nitrogen and oxygen atoms in total. The van der Waals surface area contributed by atoms with Crippen molar-refractivity contribution < 1.29 is 13.2 Å². The molecule has 0 aliphatic rings. The Balaban J connectivity index is 2.55. The summed E-state index contributed by atoms with van der Waals surface area (Å²) in [4.78, 5) is 6.39. The van der Waals surface area contributed by atoms with Gasteiger partial charge in [0.05, 0.1) is 13.0 Å². The van der Waals surface area contributed by atoms with Crippen LogP contribution in [0.2, 0.25) is 0 Å². The first-order chi connectivity index (χ1) is 10.8. The third-order valence-corrected chi connectivity index (χ3v) is 2.99. The lowest BCUT2D eigenvalue weighted by molar-refractivity contribution is -0.132. The van der Waals surface area contributed by atoms with Crippen molar-refractivity contribution in [1.82, 2.24) is 15.5 Å². The van der Waals surface area contributed by atoms with Gasteiger partial charge in [0.15, 0.2) is 5.96 Å². The van der Waals surface area contributed by atoms with Crippen LogP contribution < -0.4 is 10.6 Å². The van der Waals surface area contributed by atoms with Crippen LogP contribution in [0.1, 0.15) is 24.5 Å². The number of hydrogen-bond donors (Lipinski definition) is 2. The maximum atomic E-state index is 12.2. The summed E-state index contributed by atoms with van der Waals surface area (Å²) >= 11 is 0. The molecule has 0 amide bonds. The summed E-state index contributed by atoms with van der Waals surface area (Å²) in [6.45, 7) is 3.57. The van der Waals surface area contributed by atoms with Crippen LogP contribution in [0.5, 0.6) is 0 Å². The lowest BCUT2D eigenvalue weighted by Crippen LogP contribution is -2.38. The van der Waals surface area contributed by atoms with E-state index in [-0.39, 0.29) is 6.54 Å². The topological polar surface area (TPSA) is 39.7 Å². The van der Waals surface area contributed by atoms with E-state index in [0.29, 0.717) is 19.0 Å². The third kappa shape index (κ3) is 9.07. The third-order valence-electron chi connectivity index (χ3n) is 2.99.